The van der Waals surface area contributed by atoms with Crippen LogP contribution in [0.25, 0.3) is 0 Å². The summed E-state index contributed by atoms with van der Waals surface area (Å²) in [7, 11) is 0. The highest BCUT2D eigenvalue weighted by atomic mass is 32.2. The molecular formula is C11H19NO3S. The summed E-state index contributed by atoms with van der Waals surface area (Å²) in [5, 5.41) is 9.83. The van der Waals surface area contributed by atoms with Crippen LogP contribution in [0.1, 0.15) is 27.2 Å². The predicted octanol–water partition coefficient (Wildman–Crippen LogP) is 1.47. The summed E-state index contributed by atoms with van der Waals surface area (Å²) in [6, 6.07) is 0. The van der Waals surface area contributed by atoms with Crippen LogP contribution in [0.4, 0.5) is 4.79 Å². The molecule has 1 N–H and O–H groups in total. The van der Waals surface area contributed by atoms with Crippen molar-refractivity contribution in [3.8, 4) is 0 Å². The van der Waals surface area contributed by atoms with E-state index in [1.54, 1.807) is 16.7 Å². The highest BCUT2D eigenvalue weighted by molar-refractivity contribution is 8.01. The van der Waals surface area contributed by atoms with E-state index in [0.29, 0.717) is 13.1 Å². The third-order valence-corrected chi connectivity index (χ3v) is 4.50. The molecule has 0 aromatic carbocycles. The van der Waals surface area contributed by atoms with Gasteiger partial charge in [0.2, 0.25) is 0 Å². The molecule has 0 saturated carbocycles. The average molecular weight is 245 g/mol. The topological polar surface area (TPSA) is 49.8 Å². The van der Waals surface area contributed by atoms with Gasteiger partial charge in [0.05, 0.1) is 10.9 Å². The van der Waals surface area contributed by atoms with Crippen molar-refractivity contribution in [3.05, 3.63) is 0 Å². The molecule has 2 saturated heterocycles. The standard InChI is InChI=1S/C11H19NO3S/c1-10(2,3)15-9(14)12-6-11(7-12)8(13)4-5-16-11/h8,13H,4-7H2,1-3H3/t8-/m0/s1. The second-order valence-electron chi connectivity index (χ2n) is 5.55. The maximum atomic E-state index is 11.7. The molecule has 0 aromatic rings. The Bertz CT molecular complexity index is 294. The number of amides is 1. The molecule has 1 spiro atoms. The Labute approximate surface area is 100 Å². The number of aliphatic hydroxyl groups is 1. The molecule has 2 rings (SSSR count). The molecule has 16 heavy (non-hydrogen) atoms. The van der Waals surface area contributed by atoms with E-state index >= 15 is 0 Å². The van der Waals surface area contributed by atoms with Crippen molar-refractivity contribution in [2.24, 2.45) is 0 Å². The summed E-state index contributed by atoms with van der Waals surface area (Å²) >= 11 is 1.78. The second kappa shape index (κ2) is 3.81. The minimum Gasteiger partial charge on any atom is -0.444 e. The molecule has 0 unspecified atom stereocenters. The van der Waals surface area contributed by atoms with Crippen LogP contribution in [0.2, 0.25) is 0 Å². The molecule has 0 bridgehead atoms. The summed E-state index contributed by atoms with van der Waals surface area (Å²) < 4.78 is 5.18. The van der Waals surface area contributed by atoms with Crippen LogP contribution in [-0.4, -0.2) is 51.4 Å². The highest BCUT2D eigenvalue weighted by Crippen LogP contribution is 2.45. The molecule has 92 valence electrons. The molecule has 2 heterocycles. The lowest BCUT2D eigenvalue weighted by atomic mass is 9.92. The van der Waals surface area contributed by atoms with E-state index < -0.39 is 5.60 Å². The van der Waals surface area contributed by atoms with Crippen LogP contribution in [0.3, 0.4) is 0 Å². The Morgan fingerprint density at radius 1 is 1.50 bits per heavy atom. The van der Waals surface area contributed by atoms with Crippen LogP contribution in [-0.2, 0) is 4.74 Å². The van der Waals surface area contributed by atoms with Crippen molar-refractivity contribution in [2.45, 2.75) is 43.6 Å². The first-order valence-electron chi connectivity index (χ1n) is 5.62. The number of ether oxygens (including phenoxy) is 1. The Balaban J connectivity index is 1.86. The monoisotopic (exact) mass is 245 g/mol. The maximum Gasteiger partial charge on any atom is 0.410 e. The van der Waals surface area contributed by atoms with Crippen molar-refractivity contribution >= 4 is 17.9 Å². The van der Waals surface area contributed by atoms with E-state index in [0.717, 1.165) is 12.2 Å². The minimum absolute atomic E-state index is 0.100. The molecule has 4 nitrogen and oxygen atoms in total. The first-order valence-corrected chi connectivity index (χ1v) is 6.61. The van der Waals surface area contributed by atoms with E-state index in [4.69, 9.17) is 4.74 Å². The van der Waals surface area contributed by atoms with Crippen LogP contribution in [0.15, 0.2) is 0 Å². The van der Waals surface area contributed by atoms with Crippen LogP contribution in [0, 0.1) is 0 Å². The SMILES string of the molecule is CC(C)(C)OC(=O)N1CC2(C1)SCC[C@@H]2O. The van der Waals surface area contributed by atoms with E-state index in [1.165, 1.54) is 0 Å². The Hall–Kier alpha value is -0.420. The molecule has 5 heteroatoms. The lowest BCUT2D eigenvalue weighted by Crippen LogP contribution is -2.65. The predicted molar refractivity (Wildman–Crippen MR) is 63.6 cm³/mol. The molecule has 2 aliphatic rings. The van der Waals surface area contributed by atoms with Gasteiger partial charge in [0.15, 0.2) is 0 Å². The smallest absolute Gasteiger partial charge is 0.410 e. The molecule has 1 amide bonds. The normalized spacial score (nSPS) is 28.0. The zero-order valence-electron chi connectivity index (χ0n) is 10.0. The first-order chi connectivity index (χ1) is 7.32. The summed E-state index contributed by atoms with van der Waals surface area (Å²) in [6.07, 6.45) is 0.307. The second-order valence-corrected chi connectivity index (χ2v) is 7.06. The average Bonchev–Trinajstić information content (AvgIpc) is 2.40. The summed E-state index contributed by atoms with van der Waals surface area (Å²) in [4.78, 5) is 13.4. The Kier molecular flexibility index (Phi) is 2.87. The number of carbonyl (C=O) groups is 1. The number of hydrogen-bond acceptors (Lipinski definition) is 4. The van der Waals surface area contributed by atoms with Gasteiger partial charge >= 0.3 is 6.09 Å². The number of nitrogens with zero attached hydrogens (tertiary/aromatic N) is 1. The number of thioether (sulfide) groups is 1. The number of carbonyl (C=O) groups excluding carboxylic acids is 1. The first kappa shape index (κ1) is 12.0. The maximum absolute atomic E-state index is 11.7. The fourth-order valence-corrected chi connectivity index (χ4v) is 3.64. The Morgan fingerprint density at radius 2 is 2.12 bits per heavy atom. The quantitative estimate of drug-likeness (QED) is 0.702. The third-order valence-electron chi connectivity index (χ3n) is 2.96. The minimum atomic E-state index is -0.443. The number of likely N-dealkylation sites (tertiary alicyclic amines) is 1. The molecule has 0 aliphatic carbocycles. The highest BCUT2D eigenvalue weighted by Gasteiger charge is 2.54. The van der Waals surface area contributed by atoms with Gasteiger partial charge in [-0.3, -0.25) is 0 Å². The van der Waals surface area contributed by atoms with E-state index in [-0.39, 0.29) is 16.9 Å². The van der Waals surface area contributed by atoms with E-state index in [9.17, 15) is 9.90 Å². The number of aliphatic hydroxyl groups excluding tert-OH is 1. The van der Waals surface area contributed by atoms with Crippen molar-refractivity contribution in [2.75, 3.05) is 18.8 Å². The van der Waals surface area contributed by atoms with E-state index in [2.05, 4.69) is 0 Å². The van der Waals surface area contributed by atoms with Gasteiger partial charge in [-0.05, 0) is 32.9 Å². The van der Waals surface area contributed by atoms with Gasteiger partial charge in [-0.1, -0.05) is 0 Å². The third kappa shape index (κ3) is 2.15. The van der Waals surface area contributed by atoms with Crippen molar-refractivity contribution in [3.63, 3.8) is 0 Å². The van der Waals surface area contributed by atoms with Gasteiger partial charge in [-0.2, -0.15) is 0 Å². The molecule has 1 atom stereocenters. The number of rotatable bonds is 0. The fraction of sp³-hybridized carbons (Fsp3) is 0.909. The zero-order valence-corrected chi connectivity index (χ0v) is 10.8. The van der Waals surface area contributed by atoms with Gasteiger partial charge in [0.25, 0.3) is 0 Å². The van der Waals surface area contributed by atoms with Crippen LogP contribution < -0.4 is 0 Å². The zero-order chi connectivity index (χ0) is 12.0. The summed E-state index contributed by atoms with van der Waals surface area (Å²) in [5.41, 5.74) is -0.443. The molecule has 2 fully saturated rings. The summed E-state index contributed by atoms with van der Waals surface area (Å²) in [5.74, 6) is 0.989. The molecule has 0 aromatic heterocycles. The lowest BCUT2D eigenvalue weighted by Gasteiger charge is -2.48. The van der Waals surface area contributed by atoms with Crippen LogP contribution in [0.5, 0.6) is 0 Å². The van der Waals surface area contributed by atoms with Gasteiger partial charge in [0, 0.05) is 13.1 Å². The van der Waals surface area contributed by atoms with Crippen molar-refractivity contribution in [1.29, 1.82) is 0 Å². The van der Waals surface area contributed by atoms with Gasteiger partial charge in [-0.15, -0.1) is 11.8 Å². The molecular weight excluding hydrogens is 226 g/mol. The van der Waals surface area contributed by atoms with Crippen molar-refractivity contribution < 1.29 is 14.6 Å². The van der Waals surface area contributed by atoms with Gasteiger partial charge < -0.3 is 14.7 Å². The molecule has 0 radical (unpaired) electrons. The number of hydrogen-bond donors (Lipinski definition) is 1. The van der Waals surface area contributed by atoms with Crippen LogP contribution >= 0.6 is 11.8 Å². The van der Waals surface area contributed by atoms with E-state index in [1.807, 2.05) is 20.8 Å². The summed E-state index contributed by atoms with van der Waals surface area (Å²) in [6.45, 7) is 6.82. The lowest BCUT2D eigenvalue weighted by molar-refractivity contribution is -0.0150. The van der Waals surface area contributed by atoms with Gasteiger partial charge in [-0.25, -0.2) is 4.79 Å². The largest absolute Gasteiger partial charge is 0.444 e. The fourth-order valence-electron chi connectivity index (χ4n) is 2.09. The Morgan fingerprint density at radius 3 is 2.56 bits per heavy atom. The molecule has 2 aliphatic heterocycles. The van der Waals surface area contributed by atoms with Gasteiger partial charge in [0.1, 0.15) is 5.60 Å². The van der Waals surface area contributed by atoms with Crippen molar-refractivity contribution in [1.82, 2.24) is 4.90 Å².